The zero-order valence-electron chi connectivity index (χ0n) is 11.1. The van der Waals surface area contributed by atoms with Gasteiger partial charge in [-0.3, -0.25) is 0 Å². The van der Waals surface area contributed by atoms with E-state index in [4.69, 9.17) is 0 Å². The molecule has 0 aromatic heterocycles. The minimum Gasteiger partial charge on any atom is -0.414 e. The molecule has 0 radical (unpaired) electrons. The molecular formula is C15H20BNO. The molecule has 1 aliphatic rings. The zero-order valence-corrected chi connectivity index (χ0v) is 11.1. The molecule has 2 nitrogen and oxygen atoms in total. The van der Waals surface area contributed by atoms with Crippen molar-refractivity contribution in [2.75, 3.05) is 6.54 Å². The summed E-state index contributed by atoms with van der Waals surface area (Å²) in [6.45, 7) is 4.66. The second kappa shape index (κ2) is 5.45. The summed E-state index contributed by atoms with van der Waals surface area (Å²) in [7, 11) is 0. The molecule has 0 aliphatic carbocycles. The second-order valence-corrected chi connectivity index (χ2v) is 5.47. The van der Waals surface area contributed by atoms with E-state index in [1.807, 2.05) is 26.0 Å². The van der Waals surface area contributed by atoms with E-state index in [9.17, 15) is 5.11 Å². The number of nitrogens with zero attached hydrogens (tertiary/aromatic N) is 1. The largest absolute Gasteiger partial charge is 0.414 e. The van der Waals surface area contributed by atoms with Crippen molar-refractivity contribution >= 4 is 6.85 Å². The van der Waals surface area contributed by atoms with Crippen LogP contribution in [0.25, 0.3) is 0 Å². The Morgan fingerprint density at radius 2 is 1.89 bits per heavy atom. The van der Waals surface area contributed by atoms with E-state index in [0.29, 0.717) is 13.4 Å². The Balaban J connectivity index is 2.06. The molecule has 0 saturated heterocycles. The maximum absolute atomic E-state index is 9.95. The van der Waals surface area contributed by atoms with Crippen LogP contribution in [0.15, 0.2) is 54.7 Å². The number of hydrogen-bond acceptors (Lipinski definition) is 2. The van der Waals surface area contributed by atoms with Gasteiger partial charge in [-0.1, -0.05) is 47.9 Å². The fourth-order valence-electron chi connectivity index (χ4n) is 2.23. The molecule has 94 valence electrons. The van der Waals surface area contributed by atoms with Gasteiger partial charge in [0.05, 0.1) is 5.60 Å². The zero-order chi connectivity index (χ0) is 13.0. The molecule has 1 aromatic carbocycles. The molecular weight excluding hydrogens is 221 g/mol. The van der Waals surface area contributed by atoms with Crippen LogP contribution in [0.2, 0.25) is 0 Å². The third-order valence-corrected chi connectivity index (χ3v) is 3.01. The van der Waals surface area contributed by atoms with Gasteiger partial charge in [0.15, 0.2) is 0 Å². The van der Waals surface area contributed by atoms with Crippen molar-refractivity contribution in [3.05, 3.63) is 60.2 Å². The quantitative estimate of drug-likeness (QED) is 0.818. The summed E-state index contributed by atoms with van der Waals surface area (Å²) in [5.41, 5.74) is 0.646. The maximum atomic E-state index is 9.95. The first-order valence-corrected chi connectivity index (χ1v) is 6.42. The number of allylic oxidation sites excluding steroid dienone is 2. The van der Waals surface area contributed by atoms with Crippen molar-refractivity contribution in [2.24, 2.45) is 0 Å². The van der Waals surface area contributed by atoms with Gasteiger partial charge >= 0.3 is 0 Å². The normalized spacial score (nSPS) is 15.3. The number of benzene rings is 1. The number of β-amino-alcohol motifs (C(OH)–C–C–N with tert-alkyl or cyclic N) is 1. The van der Waals surface area contributed by atoms with Crippen molar-refractivity contribution in [3.63, 3.8) is 0 Å². The molecule has 1 aliphatic heterocycles. The third kappa shape index (κ3) is 3.78. The molecule has 0 spiro atoms. The van der Waals surface area contributed by atoms with Crippen LogP contribution in [0.1, 0.15) is 19.4 Å². The molecule has 3 heteroatoms. The van der Waals surface area contributed by atoms with Crippen molar-refractivity contribution < 1.29 is 5.11 Å². The van der Waals surface area contributed by atoms with Gasteiger partial charge in [-0.25, -0.2) is 0 Å². The molecule has 0 unspecified atom stereocenters. The first kappa shape index (κ1) is 13.0. The van der Waals surface area contributed by atoms with E-state index in [1.165, 1.54) is 5.56 Å². The second-order valence-electron chi connectivity index (χ2n) is 5.47. The average molecular weight is 241 g/mol. The van der Waals surface area contributed by atoms with Gasteiger partial charge in [-0.05, 0) is 32.4 Å². The highest BCUT2D eigenvalue weighted by Crippen LogP contribution is 2.14. The monoisotopic (exact) mass is 241 g/mol. The van der Waals surface area contributed by atoms with Crippen LogP contribution in [0.5, 0.6) is 0 Å². The van der Waals surface area contributed by atoms with Gasteiger partial charge < -0.3 is 9.92 Å². The highest BCUT2D eigenvalue weighted by molar-refractivity contribution is 6.61. The molecule has 1 heterocycles. The summed E-state index contributed by atoms with van der Waals surface area (Å²) in [4.78, 5) is 2.20. The Hall–Kier alpha value is -1.48. The van der Waals surface area contributed by atoms with Crippen LogP contribution in [0.3, 0.4) is 0 Å². The summed E-state index contributed by atoms with van der Waals surface area (Å²) in [6.07, 6.45) is 7.13. The van der Waals surface area contributed by atoms with Gasteiger partial charge in [0.1, 0.15) is 0 Å². The Kier molecular flexibility index (Phi) is 3.92. The van der Waals surface area contributed by atoms with Crippen LogP contribution in [0, 0.1) is 0 Å². The molecule has 1 aromatic rings. The fourth-order valence-corrected chi connectivity index (χ4v) is 2.23. The van der Waals surface area contributed by atoms with E-state index in [2.05, 4.69) is 47.3 Å². The van der Waals surface area contributed by atoms with E-state index < -0.39 is 5.60 Å². The molecule has 0 saturated carbocycles. The highest BCUT2D eigenvalue weighted by atomic mass is 16.3. The lowest BCUT2D eigenvalue weighted by atomic mass is 9.54. The Morgan fingerprint density at radius 3 is 2.56 bits per heavy atom. The van der Waals surface area contributed by atoms with Gasteiger partial charge in [0, 0.05) is 6.54 Å². The lowest BCUT2D eigenvalue weighted by Gasteiger charge is -2.33. The summed E-state index contributed by atoms with van der Waals surface area (Å²) >= 11 is 0. The summed E-state index contributed by atoms with van der Waals surface area (Å²) in [5.74, 6) is 2.19. The van der Waals surface area contributed by atoms with E-state index in [0.717, 1.165) is 6.32 Å². The molecule has 1 N–H and O–H groups in total. The van der Waals surface area contributed by atoms with Crippen LogP contribution in [-0.4, -0.2) is 28.9 Å². The Labute approximate surface area is 110 Å². The SMILES string of the molecule is CC(C)(O)CN1C=CC=CB1Cc1ccccc1. The van der Waals surface area contributed by atoms with Gasteiger partial charge in [0.25, 0.3) is 6.85 Å². The summed E-state index contributed by atoms with van der Waals surface area (Å²) in [5, 5.41) is 9.95. The van der Waals surface area contributed by atoms with Gasteiger partial charge in [0.2, 0.25) is 0 Å². The fraction of sp³-hybridized carbons (Fsp3) is 0.333. The first-order chi connectivity index (χ1) is 8.54. The minimum absolute atomic E-state index is 0.323. The predicted octanol–water partition coefficient (Wildman–Crippen LogP) is 2.46. The van der Waals surface area contributed by atoms with E-state index >= 15 is 0 Å². The van der Waals surface area contributed by atoms with Gasteiger partial charge in [-0.2, -0.15) is 0 Å². The standard InChI is InChI=1S/C15H20BNO/c1-15(2,18)13-17-11-7-6-10-16(17)12-14-8-4-3-5-9-14/h3-11,18H,12-13H2,1-2H3. The molecule has 0 atom stereocenters. The maximum Gasteiger partial charge on any atom is 0.285 e. The number of aliphatic hydroxyl groups is 1. The molecule has 18 heavy (non-hydrogen) atoms. The Bertz CT molecular complexity index is 434. The van der Waals surface area contributed by atoms with Crippen LogP contribution < -0.4 is 0 Å². The lowest BCUT2D eigenvalue weighted by molar-refractivity contribution is 0.0664. The summed E-state index contributed by atoms with van der Waals surface area (Å²) < 4.78 is 0. The smallest absolute Gasteiger partial charge is 0.285 e. The minimum atomic E-state index is -0.676. The first-order valence-electron chi connectivity index (χ1n) is 6.42. The number of rotatable bonds is 4. The molecule has 2 rings (SSSR count). The van der Waals surface area contributed by atoms with Crippen LogP contribution in [-0.2, 0) is 6.32 Å². The number of hydrogen-bond donors (Lipinski definition) is 1. The van der Waals surface area contributed by atoms with Crippen molar-refractivity contribution in [3.8, 4) is 0 Å². The lowest BCUT2D eigenvalue weighted by Crippen LogP contribution is -2.45. The molecule has 0 bridgehead atoms. The van der Waals surface area contributed by atoms with Crippen LogP contribution >= 0.6 is 0 Å². The van der Waals surface area contributed by atoms with Crippen LogP contribution in [0.4, 0.5) is 0 Å². The average Bonchev–Trinajstić information content (AvgIpc) is 2.31. The molecule has 0 amide bonds. The van der Waals surface area contributed by atoms with Crippen molar-refractivity contribution in [1.82, 2.24) is 4.81 Å². The Morgan fingerprint density at radius 1 is 1.17 bits per heavy atom. The predicted molar refractivity (Wildman–Crippen MR) is 77.2 cm³/mol. The van der Waals surface area contributed by atoms with Crippen molar-refractivity contribution in [2.45, 2.75) is 25.8 Å². The summed E-state index contributed by atoms with van der Waals surface area (Å²) in [6, 6.07) is 10.5. The van der Waals surface area contributed by atoms with E-state index in [1.54, 1.807) is 0 Å². The third-order valence-electron chi connectivity index (χ3n) is 3.01. The topological polar surface area (TPSA) is 23.5 Å². The highest BCUT2D eigenvalue weighted by Gasteiger charge is 2.25. The molecule has 0 fully saturated rings. The van der Waals surface area contributed by atoms with Crippen molar-refractivity contribution in [1.29, 1.82) is 0 Å². The van der Waals surface area contributed by atoms with E-state index in [-0.39, 0.29) is 0 Å². The van der Waals surface area contributed by atoms with Gasteiger partial charge in [-0.15, -0.1) is 0 Å².